The second-order valence-electron chi connectivity index (χ2n) is 2.35. The van der Waals surface area contributed by atoms with Crippen molar-refractivity contribution in [1.82, 2.24) is 0 Å². The lowest BCUT2D eigenvalue weighted by molar-refractivity contribution is -0.137. The summed E-state index contributed by atoms with van der Waals surface area (Å²) in [5.74, 6) is 0. The summed E-state index contributed by atoms with van der Waals surface area (Å²) in [6, 6.07) is 4.99. The Balaban J connectivity index is 3.13. The molecule has 5 heteroatoms. The standard InChI is InChI=1S/C8H4F3IS/c9-8(10,11)6-3-1-2-5(4-6)7(12)13/h1-4H. The highest BCUT2D eigenvalue weighted by atomic mass is 127. The first kappa shape index (κ1) is 10.9. The molecule has 0 aliphatic carbocycles. The summed E-state index contributed by atoms with van der Waals surface area (Å²) in [6.45, 7) is 0. The monoisotopic (exact) mass is 316 g/mol. The van der Waals surface area contributed by atoms with Gasteiger partial charge in [0.15, 0.2) is 0 Å². The van der Waals surface area contributed by atoms with Crippen LogP contribution < -0.4 is 0 Å². The van der Waals surface area contributed by atoms with Crippen molar-refractivity contribution in [3.8, 4) is 0 Å². The van der Waals surface area contributed by atoms with Gasteiger partial charge in [0, 0.05) is 0 Å². The van der Waals surface area contributed by atoms with E-state index in [4.69, 9.17) is 12.2 Å². The van der Waals surface area contributed by atoms with Gasteiger partial charge in [0.05, 0.1) is 8.43 Å². The van der Waals surface area contributed by atoms with Gasteiger partial charge in [0.25, 0.3) is 0 Å². The summed E-state index contributed by atoms with van der Waals surface area (Å²) in [6.07, 6.45) is -4.29. The van der Waals surface area contributed by atoms with Crippen molar-refractivity contribution < 1.29 is 13.2 Å². The van der Waals surface area contributed by atoms with Crippen molar-refractivity contribution in [2.75, 3.05) is 0 Å². The van der Waals surface area contributed by atoms with E-state index in [9.17, 15) is 13.2 Å². The van der Waals surface area contributed by atoms with E-state index < -0.39 is 11.7 Å². The molecule has 0 aliphatic rings. The van der Waals surface area contributed by atoms with E-state index in [1.54, 1.807) is 6.07 Å². The van der Waals surface area contributed by atoms with Crippen molar-refractivity contribution in [2.24, 2.45) is 0 Å². The topological polar surface area (TPSA) is 0 Å². The summed E-state index contributed by atoms with van der Waals surface area (Å²) < 4.78 is 37.0. The molecule has 0 amide bonds. The first-order valence-corrected chi connectivity index (χ1v) is 4.77. The van der Waals surface area contributed by atoms with Gasteiger partial charge in [-0.2, -0.15) is 13.2 Å². The molecular formula is C8H4F3IS. The van der Waals surface area contributed by atoms with E-state index in [1.165, 1.54) is 6.07 Å². The molecule has 0 radical (unpaired) electrons. The Morgan fingerprint density at radius 3 is 2.38 bits per heavy atom. The van der Waals surface area contributed by atoms with Crippen LogP contribution in [-0.4, -0.2) is 2.87 Å². The van der Waals surface area contributed by atoms with Crippen LogP contribution in [0.4, 0.5) is 13.2 Å². The van der Waals surface area contributed by atoms with Crippen molar-refractivity contribution >= 4 is 37.7 Å². The molecule has 1 rings (SSSR count). The molecule has 0 fully saturated rings. The summed E-state index contributed by atoms with van der Waals surface area (Å²) in [5, 5.41) is 0. The first-order valence-electron chi connectivity index (χ1n) is 3.28. The molecule has 70 valence electrons. The predicted molar refractivity (Wildman–Crippen MR) is 57.2 cm³/mol. The van der Waals surface area contributed by atoms with E-state index in [0.29, 0.717) is 8.43 Å². The van der Waals surface area contributed by atoms with E-state index in [0.717, 1.165) is 12.1 Å². The number of benzene rings is 1. The highest BCUT2D eigenvalue weighted by molar-refractivity contribution is 14.1. The number of rotatable bonds is 1. The number of halogens is 4. The quantitative estimate of drug-likeness (QED) is 0.431. The van der Waals surface area contributed by atoms with Crippen molar-refractivity contribution in [3.05, 3.63) is 35.4 Å². The average molecular weight is 316 g/mol. The first-order chi connectivity index (χ1) is 5.91. The third kappa shape index (κ3) is 2.91. The van der Waals surface area contributed by atoms with Crippen LogP contribution in [0.25, 0.3) is 0 Å². The number of hydrogen-bond acceptors (Lipinski definition) is 1. The molecule has 0 aliphatic heterocycles. The zero-order chi connectivity index (χ0) is 10.1. The van der Waals surface area contributed by atoms with Crippen LogP contribution >= 0.6 is 34.8 Å². The minimum atomic E-state index is -4.29. The second-order valence-corrected chi connectivity index (χ2v) is 4.57. The minimum absolute atomic E-state index is 0.434. The van der Waals surface area contributed by atoms with Crippen LogP contribution in [-0.2, 0) is 6.18 Å². The lowest BCUT2D eigenvalue weighted by Gasteiger charge is -2.06. The average Bonchev–Trinajstić information content (AvgIpc) is 2.03. The SMILES string of the molecule is FC(F)(F)c1cccc(C(=S)I)c1. The van der Waals surface area contributed by atoms with Gasteiger partial charge in [0.1, 0.15) is 0 Å². The molecule has 1 aromatic carbocycles. The Morgan fingerprint density at radius 2 is 1.92 bits per heavy atom. The third-order valence-corrected chi connectivity index (χ3v) is 2.28. The van der Waals surface area contributed by atoms with E-state index in [1.807, 2.05) is 22.6 Å². The van der Waals surface area contributed by atoms with E-state index >= 15 is 0 Å². The fourth-order valence-electron chi connectivity index (χ4n) is 0.818. The lowest BCUT2D eigenvalue weighted by Crippen LogP contribution is -2.05. The van der Waals surface area contributed by atoms with Crippen LogP contribution in [0.3, 0.4) is 0 Å². The molecular weight excluding hydrogens is 312 g/mol. The van der Waals surface area contributed by atoms with Gasteiger partial charge in [0.2, 0.25) is 0 Å². The number of thiocarbonyl (C=S) groups is 1. The highest BCUT2D eigenvalue weighted by Gasteiger charge is 2.30. The van der Waals surface area contributed by atoms with Gasteiger partial charge < -0.3 is 0 Å². The lowest BCUT2D eigenvalue weighted by atomic mass is 10.1. The van der Waals surface area contributed by atoms with Crippen LogP contribution in [0.1, 0.15) is 11.1 Å². The zero-order valence-electron chi connectivity index (χ0n) is 6.23. The molecule has 0 bridgehead atoms. The van der Waals surface area contributed by atoms with Gasteiger partial charge in [-0.05, 0) is 40.3 Å². The number of hydrogen-bond donors (Lipinski definition) is 0. The fraction of sp³-hybridized carbons (Fsp3) is 0.125. The smallest absolute Gasteiger partial charge is 0.166 e. The van der Waals surface area contributed by atoms with Gasteiger partial charge in [-0.3, -0.25) is 0 Å². The summed E-state index contributed by atoms with van der Waals surface area (Å²) in [4.78, 5) is 0. The molecule has 0 unspecified atom stereocenters. The van der Waals surface area contributed by atoms with Gasteiger partial charge in [-0.1, -0.05) is 24.4 Å². The Kier molecular flexibility index (Phi) is 3.28. The maximum absolute atomic E-state index is 12.2. The molecule has 0 saturated carbocycles. The molecule has 1 aromatic rings. The van der Waals surface area contributed by atoms with E-state index in [-0.39, 0.29) is 0 Å². The Hall–Kier alpha value is -0.170. The second kappa shape index (κ2) is 3.91. The minimum Gasteiger partial charge on any atom is -0.166 e. The molecule has 0 aromatic heterocycles. The molecule has 13 heavy (non-hydrogen) atoms. The molecule has 0 spiro atoms. The van der Waals surface area contributed by atoms with Crippen molar-refractivity contribution in [2.45, 2.75) is 6.18 Å². The Bertz CT molecular complexity index is 332. The van der Waals surface area contributed by atoms with E-state index in [2.05, 4.69) is 0 Å². The third-order valence-electron chi connectivity index (χ3n) is 1.42. The normalized spacial score (nSPS) is 11.4. The van der Waals surface area contributed by atoms with Gasteiger partial charge in [-0.25, -0.2) is 0 Å². The highest BCUT2D eigenvalue weighted by Crippen LogP contribution is 2.29. The van der Waals surface area contributed by atoms with Gasteiger partial charge in [-0.15, -0.1) is 0 Å². The predicted octanol–water partition coefficient (Wildman–Crippen LogP) is 3.82. The largest absolute Gasteiger partial charge is 0.416 e. The van der Waals surface area contributed by atoms with Crippen LogP contribution in [0.5, 0.6) is 0 Å². The maximum atomic E-state index is 12.2. The summed E-state index contributed by atoms with van der Waals surface area (Å²) in [5.41, 5.74) is -0.227. The molecule has 0 N–H and O–H groups in total. The summed E-state index contributed by atoms with van der Waals surface area (Å²) >= 11 is 6.58. The van der Waals surface area contributed by atoms with Crippen molar-refractivity contribution in [1.29, 1.82) is 0 Å². The Morgan fingerprint density at radius 1 is 1.31 bits per heavy atom. The van der Waals surface area contributed by atoms with Gasteiger partial charge >= 0.3 is 6.18 Å². The molecule has 0 atom stereocenters. The van der Waals surface area contributed by atoms with Crippen LogP contribution in [0.2, 0.25) is 0 Å². The van der Waals surface area contributed by atoms with Crippen molar-refractivity contribution in [3.63, 3.8) is 0 Å². The zero-order valence-corrected chi connectivity index (χ0v) is 9.20. The van der Waals surface area contributed by atoms with Crippen LogP contribution in [0.15, 0.2) is 24.3 Å². The van der Waals surface area contributed by atoms with Crippen LogP contribution in [0, 0.1) is 0 Å². The molecule has 0 heterocycles. The Labute approximate surface area is 92.3 Å². The number of alkyl halides is 3. The summed E-state index contributed by atoms with van der Waals surface area (Å²) in [7, 11) is 0. The molecule has 0 saturated heterocycles. The maximum Gasteiger partial charge on any atom is 0.416 e. The molecule has 0 nitrogen and oxygen atoms in total. The fourth-order valence-corrected chi connectivity index (χ4v) is 1.28.